The van der Waals surface area contributed by atoms with Crippen LogP contribution in [0.15, 0.2) is 48.5 Å². The highest BCUT2D eigenvalue weighted by Crippen LogP contribution is 2.14. The van der Waals surface area contributed by atoms with Crippen molar-refractivity contribution in [3.63, 3.8) is 0 Å². The molecule has 26 heavy (non-hydrogen) atoms. The third-order valence-corrected chi connectivity index (χ3v) is 4.08. The van der Waals surface area contributed by atoms with Crippen molar-refractivity contribution in [3.05, 3.63) is 59.7 Å². The maximum atomic E-state index is 12.2. The predicted molar refractivity (Wildman–Crippen MR) is 102 cm³/mol. The molecular weight excluding hydrogens is 354 g/mol. The number of sulfonamides is 1. The molecule has 2 rings (SSSR count). The number of benzene rings is 2. The average Bonchev–Trinajstić information content (AvgIpc) is 2.55. The van der Waals surface area contributed by atoms with Crippen molar-refractivity contribution in [1.29, 1.82) is 0 Å². The molecule has 1 unspecified atom stereocenters. The molecule has 0 spiro atoms. The molecule has 7 nitrogen and oxygen atoms in total. The van der Waals surface area contributed by atoms with Crippen LogP contribution in [-0.2, 0) is 14.8 Å². The molecule has 0 aliphatic heterocycles. The number of anilines is 2. The lowest BCUT2D eigenvalue weighted by molar-refractivity contribution is -0.117. The topological polar surface area (TPSA) is 104 Å². The van der Waals surface area contributed by atoms with Crippen molar-refractivity contribution in [3.8, 4) is 0 Å². The molecule has 138 valence electrons. The summed E-state index contributed by atoms with van der Waals surface area (Å²) in [6.45, 7) is 3.47. The van der Waals surface area contributed by atoms with E-state index in [-0.39, 0.29) is 11.8 Å². The van der Waals surface area contributed by atoms with E-state index in [2.05, 4.69) is 15.4 Å². The number of carbonyl (C=O) groups excluding carboxylic acids is 2. The summed E-state index contributed by atoms with van der Waals surface area (Å²) in [5, 5.41) is 5.31. The van der Waals surface area contributed by atoms with Gasteiger partial charge in [-0.2, -0.15) is 0 Å². The Bertz CT molecular complexity index is 908. The number of nitrogens with one attached hydrogen (secondary N) is 3. The zero-order valence-corrected chi connectivity index (χ0v) is 15.6. The van der Waals surface area contributed by atoms with Gasteiger partial charge in [0.1, 0.15) is 6.04 Å². The zero-order valence-electron chi connectivity index (χ0n) is 14.7. The van der Waals surface area contributed by atoms with Crippen LogP contribution < -0.4 is 15.4 Å². The first-order valence-corrected chi connectivity index (χ1v) is 9.79. The van der Waals surface area contributed by atoms with Gasteiger partial charge < -0.3 is 10.6 Å². The van der Waals surface area contributed by atoms with Gasteiger partial charge in [-0.15, -0.1) is 0 Å². The van der Waals surface area contributed by atoms with Crippen LogP contribution in [0, 0.1) is 6.92 Å². The van der Waals surface area contributed by atoms with Crippen molar-refractivity contribution in [2.24, 2.45) is 0 Å². The van der Waals surface area contributed by atoms with E-state index < -0.39 is 16.1 Å². The summed E-state index contributed by atoms with van der Waals surface area (Å²) in [5.74, 6) is -0.709. The maximum Gasteiger partial charge on any atom is 0.251 e. The Balaban J connectivity index is 1.95. The normalized spacial score (nSPS) is 12.1. The molecule has 2 aromatic carbocycles. The van der Waals surface area contributed by atoms with Crippen molar-refractivity contribution in [1.82, 2.24) is 5.32 Å². The summed E-state index contributed by atoms with van der Waals surface area (Å²) >= 11 is 0. The van der Waals surface area contributed by atoms with E-state index in [1.807, 2.05) is 13.0 Å². The monoisotopic (exact) mass is 375 g/mol. The Morgan fingerprint density at radius 2 is 1.62 bits per heavy atom. The first kappa shape index (κ1) is 19.5. The van der Waals surface area contributed by atoms with Gasteiger partial charge in [0.2, 0.25) is 15.9 Å². The molecular formula is C18H21N3O4S. The van der Waals surface area contributed by atoms with Crippen LogP contribution in [0.1, 0.15) is 22.8 Å². The van der Waals surface area contributed by atoms with Crippen LogP contribution in [0.25, 0.3) is 0 Å². The quantitative estimate of drug-likeness (QED) is 0.719. The predicted octanol–water partition coefficient (Wildman–Crippen LogP) is 2.12. The van der Waals surface area contributed by atoms with Gasteiger partial charge in [0.15, 0.2) is 0 Å². The number of hydrogen-bond donors (Lipinski definition) is 3. The standard InChI is InChI=1S/C18H21N3O4S/c1-12-5-4-6-14(11-12)18(23)19-13(2)17(22)20-15-7-9-16(10-8-15)21-26(3,24)25/h4-11,13,21H,1-3H3,(H,19,23)(H,20,22). The van der Waals surface area contributed by atoms with E-state index in [1.165, 1.54) is 12.1 Å². The lowest BCUT2D eigenvalue weighted by Crippen LogP contribution is -2.41. The van der Waals surface area contributed by atoms with Crippen LogP contribution >= 0.6 is 0 Å². The Hall–Kier alpha value is -2.87. The van der Waals surface area contributed by atoms with E-state index in [0.717, 1.165) is 11.8 Å². The molecule has 3 N–H and O–H groups in total. The largest absolute Gasteiger partial charge is 0.341 e. The van der Waals surface area contributed by atoms with Crippen LogP contribution in [0.5, 0.6) is 0 Å². The van der Waals surface area contributed by atoms with Crippen molar-refractivity contribution >= 4 is 33.2 Å². The van der Waals surface area contributed by atoms with Gasteiger partial charge in [-0.25, -0.2) is 8.42 Å². The number of rotatable bonds is 6. The molecule has 0 heterocycles. The SMILES string of the molecule is Cc1cccc(C(=O)NC(C)C(=O)Nc2ccc(NS(C)(=O)=O)cc2)c1. The van der Waals surface area contributed by atoms with Gasteiger partial charge in [-0.05, 0) is 50.2 Å². The highest BCUT2D eigenvalue weighted by atomic mass is 32.2. The molecule has 2 amide bonds. The Labute approximate surface area is 152 Å². The van der Waals surface area contributed by atoms with Crippen molar-refractivity contribution in [2.75, 3.05) is 16.3 Å². The third kappa shape index (κ3) is 5.89. The van der Waals surface area contributed by atoms with Gasteiger partial charge in [0, 0.05) is 16.9 Å². The molecule has 0 bridgehead atoms. The van der Waals surface area contributed by atoms with Crippen LogP contribution in [0.4, 0.5) is 11.4 Å². The average molecular weight is 375 g/mol. The fraction of sp³-hybridized carbons (Fsp3) is 0.222. The molecule has 0 radical (unpaired) electrons. The summed E-state index contributed by atoms with van der Waals surface area (Å²) in [6, 6.07) is 12.6. The lowest BCUT2D eigenvalue weighted by atomic mass is 10.1. The van der Waals surface area contributed by atoms with Crippen LogP contribution in [-0.4, -0.2) is 32.5 Å². The smallest absolute Gasteiger partial charge is 0.251 e. The molecule has 0 aliphatic carbocycles. The number of aryl methyl sites for hydroxylation is 1. The summed E-state index contributed by atoms with van der Waals surface area (Å²) in [7, 11) is -3.35. The summed E-state index contributed by atoms with van der Waals surface area (Å²) in [6.07, 6.45) is 1.06. The molecule has 0 saturated heterocycles. The Morgan fingerprint density at radius 3 is 2.19 bits per heavy atom. The first-order chi connectivity index (χ1) is 12.1. The minimum atomic E-state index is -3.35. The summed E-state index contributed by atoms with van der Waals surface area (Å²) in [4.78, 5) is 24.4. The highest BCUT2D eigenvalue weighted by Gasteiger charge is 2.17. The van der Waals surface area contributed by atoms with E-state index in [4.69, 9.17) is 0 Å². The molecule has 0 aromatic heterocycles. The van der Waals surface area contributed by atoms with Gasteiger partial charge in [0.25, 0.3) is 5.91 Å². The summed E-state index contributed by atoms with van der Waals surface area (Å²) in [5.41, 5.74) is 2.33. The van der Waals surface area contributed by atoms with Gasteiger partial charge in [0.05, 0.1) is 6.26 Å². The van der Waals surface area contributed by atoms with E-state index >= 15 is 0 Å². The lowest BCUT2D eigenvalue weighted by Gasteiger charge is -2.15. The molecule has 8 heteroatoms. The number of carbonyl (C=O) groups is 2. The van der Waals surface area contributed by atoms with Gasteiger partial charge in [-0.1, -0.05) is 17.7 Å². The van der Waals surface area contributed by atoms with Gasteiger partial charge >= 0.3 is 0 Å². The Morgan fingerprint density at radius 1 is 1.00 bits per heavy atom. The van der Waals surface area contributed by atoms with Gasteiger partial charge in [-0.3, -0.25) is 14.3 Å². The van der Waals surface area contributed by atoms with E-state index in [9.17, 15) is 18.0 Å². The second-order valence-electron chi connectivity index (χ2n) is 6.01. The maximum absolute atomic E-state index is 12.2. The molecule has 0 fully saturated rings. The van der Waals surface area contributed by atoms with E-state index in [0.29, 0.717) is 16.9 Å². The minimum absolute atomic E-state index is 0.330. The molecule has 0 saturated carbocycles. The number of hydrogen-bond acceptors (Lipinski definition) is 4. The first-order valence-electron chi connectivity index (χ1n) is 7.90. The van der Waals surface area contributed by atoms with Crippen molar-refractivity contribution < 1.29 is 18.0 Å². The number of amides is 2. The molecule has 0 aliphatic rings. The van der Waals surface area contributed by atoms with Crippen molar-refractivity contribution in [2.45, 2.75) is 19.9 Å². The third-order valence-electron chi connectivity index (χ3n) is 3.48. The zero-order chi connectivity index (χ0) is 19.3. The molecule has 2 aromatic rings. The molecule has 1 atom stereocenters. The van der Waals surface area contributed by atoms with Crippen LogP contribution in [0.2, 0.25) is 0 Å². The second kappa shape index (κ2) is 8.01. The Kier molecular flexibility index (Phi) is 5.99. The second-order valence-corrected chi connectivity index (χ2v) is 7.75. The fourth-order valence-electron chi connectivity index (χ4n) is 2.22. The van der Waals surface area contributed by atoms with Crippen LogP contribution in [0.3, 0.4) is 0 Å². The summed E-state index contributed by atoms with van der Waals surface area (Å²) < 4.78 is 24.7. The minimum Gasteiger partial charge on any atom is -0.341 e. The fourth-order valence-corrected chi connectivity index (χ4v) is 2.78. The highest BCUT2D eigenvalue weighted by molar-refractivity contribution is 7.92. The van der Waals surface area contributed by atoms with E-state index in [1.54, 1.807) is 37.3 Å².